The van der Waals surface area contributed by atoms with E-state index >= 15 is 0 Å². The molecule has 0 spiro atoms. The third-order valence-electron chi connectivity index (χ3n) is 3.10. The van der Waals surface area contributed by atoms with Gasteiger partial charge in [-0.2, -0.15) is 0 Å². The summed E-state index contributed by atoms with van der Waals surface area (Å²) in [6.45, 7) is 7.05. The van der Waals surface area contributed by atoms with Crippen LogP contribution in [0.25, 0.3) is 0 Å². The zero-order valence-electron chi connectivity index (χ0n) is 8.97. The molecule has 0 bridgehead atoms. The zero-order chi connectivity index (χ0) is 9.84. The lowest BCUT2D eigenvalue weighted by Crippen LogP contribution is -2.33. The van der Waals surface area contributed by atoms with E-state index < -0.39 is 0 Å². The van der Waals surface area contributed by atoms with Crippen LogP contribution in [0.4, 0.5) is 0 Å². The monoisotopic (exact) mass is 183 g/mol. The van der Waals surface area contributed by atoms with E-state index in [-0.39, 0.29) is 11.8 Å². The van der Waals surface area contributed by atoms with E-state index in [1.807, 2.05) is 13.8 Å². The molecule has 2 unspecified atom stereocenters. The van der Waals surface area contributed by atoms with Crippen molar-refractivity contribution >= 4 is 5.91 Å². The molecule has 2 nitrogen and oxygen atoms in total. The number of nitrogens with one attached hydrogen (secondary N) is 1. The second-order valence-electron chi connectivity index (χ2n) is 4.57. The molecular formula is C11H21NO. The van der Waals surface area contributed by atoms with E-state index in [4.69, 9.17) is 0 Å². The zero-order valence-corrected chi connectivity index (χ0v) is 8.97. The first-order valence-corrected chi connectivity index (χ1v) is 5.39. The van der Waals surface area contributed by atoms with Crippen molar-refractivity contribution in [1.82, 2.24) is 5.32 Å². The molecule has 0 aromatic rings. The van der Waals surface area contributed by atoms with E-state index in [1.165, 1.54) is 19.3 Å². The number of carbonyl (C=O) groups excluding carboxylic acids is 1. The fraction of sp³-hybridized carbons (Fsp3) is 0.909. The van der Waals surface area contributed by atoms with Crippen LogP contribution in [0.1, 0.15) is 40.0 Å². The van der Waals surface area contributed by atoms with Crippen LogP contribution in [0.3, 0.4) is 0 Å². The van der Waals surface area contributed by atoms with Crippen molar-refractivity contribution in [1.29, 1.82) is 0 Å². The fourth-order valence-electron chi connectivity index (χ4n) is 1.96. The van der Waals surface area contributed by atoms with Crippen molar-refractivity contribution in [2.45, 2.75) is 40.0 Å². The SMILES string of the molecule is CC(C)C(=O)NCC1CCCC1C. The average Bonchev–Trinajstić information content (AvgIpc) is 2.47. The Labute approximate surface area is 81.1 Å². The summed E-state index contributed by atoms with van der Waals surface area (Å²) in [5.41, 5.74) is 0. The Kier molecular flexibility index (Phi) is 3.76. The van der Waals surface area contributed by atoms with Gasteiger partial charge in [0.25, 0.3) is 0 Å². The Morgan fingerprint density at radius 1 is 1.46 bits per heavy atom. The Morgan fingerprint density at radius 2 is 2.15 bits per heavy atom. The highest BCUT2D eigenvalue weighted by Crippen LogP contribution is 2.30. The summed E-state index contributed by atoms with van der Waals surface area (Å²) in [7, 11) is 0. The first-order chi connectivity index (χ1) is 6.11. The molecule has 0 saturated heterocycles. The van der Waals surface area contributed by atoms with Crippen LogP contribution in [-0.2, 0) is 4.79 Å². The maximum absolute atomic E-state index is 11.3. The lowest BCUT2D eigenvalue weighted by atomic mass is 9.98. The Balaban J connectivity index is 2.22. The van der Waals surface area contributed by atoms with Crippen molar-refractivity contribution in [3.63, 3.8) is 0 Å². The number of amides is 1. The Bertz CT molecular complexity index is 177. The van der Waals surface area contributed by atoms with Crippen LogP contribution in [0.2, 0.25) is 0 Å². The van der Waals surface area contributed by atoms with E-state index in [1.54, 1.807) is 0 Å². The van der Waals surface area contributed by atoms with Gasteiger partial charge in [-0.05, 0) is 18.3 Å². The molecule has 2 heteroatoms. The van der Waals surface area contributed by atoms with E-state index in [0.29, 0.717) is 0 Å². The molecular weight excluding hydrogens is 162 g/mol. The van der Waals surface area contributed by atoms with Gasteiger partial charge in [0.1, 0.15) is 0 Å². The normalized spacial score (nSPS) is 28.0. The first kappa shape index (κ1) is 10.6. The van der Waals surface area contributed by atoms with Gasteiger partial charge in [-0.15, -0.1) is 0 Å². The summed E-state index contributed by atoms with van der Waals surface area (Å²) in [5.74, 6) is 1.84. The summed E-state index contributed by atoms with van der Waals surface area (Å²) in [4.78, 5) is 11.3. The van der Waals surface area contributed by atoms with Gasteiger partial charge < -0.3 is 5.32 Å². The van der Waals surface area contributed by atoms with E-state index in [0.717, 1.165) is 18.4 Å². The summed E-state index contributed by atoms with van der Waals surface area (Å²) in [5, 5.41) is 3.02. The lowest BCUT2D eigenvalue weighted by molar-refractivity contribution is -0.124. The topological polar surface area (TPSA) is 29.1 Å². The second kappa shape index (κ2) is 4.64. The van der Waals surface area contributed by atoms with Gasteiger partial charge in [-0.25, -0.2) is 0 Å². The molecule has 76 valence electrons. The first-order valence-electron chi connectivity index (χ1n) is 5.39. The molecule has 0 aromatic heterocycles. The molecule has 1 aliphatic rings. The van der Waals surface area contributed by atoms with Gasteiger partial charge in [0.15, 0.2) is 0 Å². The van der Waals surface area contributed by atoms with Crippen LogP contribution < -0.4 is 5.32 Å². The molecule has 1 fully saturated rings. The molecule has 0 aromatic carbocycles. The predicted octanol–water partition coefficient (Wildman–Crippen LogP) is 2.19. The average molecular weight is 183 g/mol. The van der Waals surface area contributed by atoms with Gasteiger partial charge in [0.05, 0.1) is 0 Å². The number of carbonyl (C=O) groups is 1. The third-order valence-corrected chi connectivity index (χ3v) is 3.10. The minimum absolute atomic E-state index is 0.122. The minimum atomic E-state index is 0.122. The molecule has 1 rings (SSSR count). The van der Waals surface area contributed by atoms with Gasteiger partial charge in [0, 0.05) is 12.5 Å². The van der Waals surface area contributed by atoms with Crippen molar-refractivity contribution in [3.05, 3.63) is 0 Å². The van der Waals surface area contributed by atoms with Crippen LogP contribution >= 0.6 is 0 Å². The standard InChI is InChI=1S/C11H21NO/c1-8(2)11(13)12-7-10-6-4-5-9(10)3/h8-10H,4-7H2,1-3H3,(H,12,13). The highest BCUT2D eigenvalue weighted by atomic mass is 16.1. The number of hydrogen-bond acceptors (Lipinski definition) is 1. The summed E-state index contributed by atoms with van der Waals surface area (Å²) in [6.07, 6.45) is 3.96. The quantitative estimate of drug-likeness (QED) is 0.714. The molecule has 13 heavy (non-hydrogen) atoms. The molecule has 1 aliphatic carbocycles. The highest BCUT2D eigenvalue weighted by molar-refractivity contribution is 5.77. The van der Waals surface area contributed by atoms with Crippen molar-refractivity contribution in [2.24, 2.45) is 17.8 Å². The maximum Gasteiger partial charge on any atom is 0.222 e. The van der Waals surface area contributed by atoms with Gasteiger partial charge in [0.2, 0.25) is 5.91 Å². The molecule has 2 atom stereocenters. The molecule has 0 radical (unpaired) electrons. The molecule has 0 aliphatic heterocycles. The summed E-state index contributed by atoms with van der Waals surface area (Å²) in [6, 6.07) is 0. The van der Waals surface area contributed by atoms with Crippen molar-refractivity contribution in [2.75, 3.05) is 6.54 Å². The van der Waals surface area contributed by atoms with Crippen LogP contribution in [0.15, 0.2) is 0 Å². The summed E-state index contributed by atoms with van der Waals surface area (Å²) >= 11 is 0. The predicted molar refractivity (Wildman–Crippen MR) is 54.4 cm³/mol. The van der Waals surface area contributed by atoms with Gasteiger partial charge in [-0.1, -0.05) is 33.6 Å². The Morgan fingerprint density at radius 3 is 2.62 bits per heavy atom. The molecule has 0 heterocycles. The van der Waals surface area contributed by atoms with Gasteiger partial charge >= 0.3 is 0 Å². The molecule has 1 amide bonds. The number of rotatable bonds is 3. The van der Waals surface area contributed by atoms with Crippen LogP contribution in [0.5, 0.6) is 0 Å². The summed E-state index contributed by atoms with van der Waals surface area (Å²) < 4.78 is 0. The largest absolute Gasteiger partial charge is 0.356 e. The van der Waals surface area contributed by atoms with Crippen molar-refractivity contribution < 1.29 is 4.79 Å². The van der Waals surface area contributed by atoms with Gasteiger partial charge in [-0.3, -0.25) is 4.79 Å². The van der Waals surface area contributed by atoms with Crippen LogP contribution in [0, 0.1) is 17.8 Å². The third kappa shape index (κ3) is 3.02. The maximum atomic E-state index is 11.3. The number of hydrogen-bond donors (Lipinski definition) is 1. The Hall–Kier alpha value is -0.530. The lowest BCUT2D eigenvalue weighted by Gasteiger charge is -2.16. The molecule has 1 saturated carbocycles. The minimum Gasteiger partial charge on any atom is -0.356 e. The fourth-order valence-corrected chi connectivity index (χ4v) is 1.96. The van der Waals surface area contributed by atoms with E-state index in [9.17, 15) is 4.79 Å². The molecule has 1 N–H and O–H groups in total. The highest BCUT2D eigenvalue weighted by Gasteiger charge is 2.23. The second-order valence-corrected chi connectivity index (χ2v) is 4.57. The van der Waals surface area contributed by atoms with Crippen molar-refractivity contribution in [3.8, 4) is 0 Å². The van der Waals surface area contributed by atoms with E-state index in [2.05, 4.69) is 12.2 Å². The smallest absolute Gasteiger partial charge is 0.222 e. The van der Waals surface area contributed by atoms with Crippen LogP contribution in [-0.4, -0.2) is 12.5 Å².